The highest BCUT2D eigenvalue weighted by atomic mass is 16.4. The van der Waals surface area contributed by atoms with Crippen LogP contribution < -0.4 is 5.73 Å². The number of pyridine rings is 1. The van der Waals surface area contributed by atoms with Crippen molar-refractivity contribution in [2.45, 2.75) is 19.3 Å². The molecule has 1 rings (SSSR count). The molecule has 17 heavy (non-hydrogen) atoms. The Morgan fingerprint density at radius 1 is 1.41 bits per heavy atom. The fourth-order valence-corrected chi connectivity index (χ4v) is 1.56. The molecule has 1 heterocycles. The van der Waals surface area contributed by atoms with Crippen molar-refractivity contribution in [3.8, 4) is 0 Å². The van der Waals surface area contributed by atoms with Gasteiger partial charge in [-0.1, -0.05) is 5.16 Å². The van der Waals surface area contributed by atoms with Gasteiger partial charge in [0.1, 0.15) is 5.84 Å². The summed E-state index contributed by atoms with van der Waals surface area (Å²) in [5.41, 5.74) is 6.69. The number of hydrogen-bond donors (Lipinski definition) is 2. The standard InChI is InChI=1S/C12H20N4O/c1-16(9-2-3-12(13)15-17)10-6-11-4-7-14-8-5-11/h4-5,7-8,17H,2-3,6,9-10H2,1H3,(H2,13,15). The van der Waals surface area contributed by atoms with E-state index in [1.807, 2.05) is 24.5 Å². The number of nitrogens with two attached hydrogens (primary N) is 1. The van der Waals surface area contributed by atoms with Gasteiger partial charge in [-0.2, -0.15) is 0 Å². The van der Waals surface area contributed by atoms with E-state index in [0.29, 0.717) is 12.3 Å². The summed E-state index contributed by atoms with van der Waals surface area (Å²) in [6.07, 6.45) is 6.18. The summed E-state index contributed by atoms with van der Waals surface area (Å²) in [5, 5.41) is 11.3. The molecule has 0 radical (unpaired) electrons. The van der Waals surface area contributed by atoms with Crippen molar-refractivity contribution < 1.29 is 5.21 Å². The van der Waals surface area contributed by atoms with Gasteiger partial charge >= 0.3 is 0 Å². The average Bonchev–Trinajstić information content (AvgIpc) is 2.37. The molecule has 0 aliphatic carbocycles. The van der Waals surface area contributed by atoms with E-state index in [-0.39, 0.29) is 0 Å². The Hall–Kier alpha value is -1.62. The SMILES string of the molecule is CN(CCC/C(N)=N/O)CCc1ccncc1. The van der Waals surface area contributed by atoms with Crippen LogP contribution in [0.3, 0.4) is 0 Å². The molecule has 0 amide bonds. The first kappa shape index (κ1) is 13.4. The molecule has 0 aliphatic rings. The predicted molar refractivity (Wildman–Crippen MR) is 68.1 cm³/mol. The van der Waals surface area contributed by atoms with Gasteiger partial charge in [-0.15, -0.1) is 0 Å². The smallest absolute Gasteiger partial charge is 0.139 e. The Bertz CT molecular complexity index is 340. The zero-order chi connectivity index (χ0) is 12.5. The zero-order valence-electron chi connectivity index (χ0n) is 10.2. The van der Waals surface area contributed by atoms with E-state index < -0.39 is 0 Å². The van der Waals surface area contributed by atoms with E-state index >= 15 is 0 Å². The van der Waals surface area contributed by atoms with Crippen LogP contribution in [0.1, 0.15) is 18.4 Å². The first-order chi connectivity index (χ1) is 8.22. The summed E-state index contributed by atoms with van der Waals surface area (Å²) in [5.74, 6) is 0.299. The first-order valence-corrected chi connectivity index (χ1v) is 5.76. The molecule has 0 aliphatic heterocycles. The monoisotopic (exact) mass is 236 g/mol. The van der Waals surface area contributed by atoms with Gasteiger partial charge in [0.05, 0.1) is 0 Å². The lowest BCUT2D eigenvalue weighted by Gasteiger charge is -2.16. The highest BCUT2D eigenvalue weighted by Crippen LogP contribution is 2.00. The number of likely N-dealkylation sites (N-methyl/N-ethyl adjacent to an activating group) is 1. The molecule has 0 unspecified atom stereocenters. The number of oxime groups is 1. The molecule has 5 heteroatoms. The molecule has 0 saturated carbocycles. The molecule has 0 spiro atoms. The zero-order valence-corrected chi connectivity index (χ0v) is 10.2. The van der Waals surface area contributed by atoms with E-state index in [2.05, 4.69) is 22.1 Å². The van der Waals surface area contributed by atoms with Gasteiger partial charge in [0, 0.05) is 25.4 Å². The lowest BCUT2D eigenvalue weighted by molar-refractivity contribution is 0.313. The van der Waals surface area contributed by atoms with E-state index in [9.17, 15) is 0 Å². The quantitative estimate of drug-likeness (QED) is 0.321. The average molecular weight is 236 g/mol. The highest BCUT2D eigenvalue weighted by Gasteiger charge is 2.00. The number of hydrogen-bond acceptors (Lipinski definition) is 4. The number of rotatable bonds is 7. The second-order valence-corrected chi connectivity index (χ2v) is 4.10. The van der Waals surface area contributed by atoms with Crippen LogP contribution >= 0.6 is 0 Å². The Morgan fingerprint density at radius 2 is 2.12 bits per heavy atom. The normalized spacial score (nSPS) is 12.0. The fourth-order valence-electron chi connectivity index (χ4n) is 1.56. The maximum atomic E-state index is 8.40. The summed E-state index contributed by atoms with van der Waals surface area (Å²) in [6, 6.07) is 4.06. The topological polar surface area (TPSA) is 74.7 Å². The molecule has 1 aromatic rings. The summed E-state index contributed by atoms with van der Waals surface area (Å²) >= 11 is 0. The van der Waals surface area contributed by atoms with Crippen molar-refractivity contribution in [2.75, 3.05) is 20.1 Å². The minimum Gasteiger partial charge on any atom is -0.409 e. The molecule has 0 atom stereocenters. The molecule has 0 aromatic carbocycles. The van der Waals surface area contributed by atoms with Gasteiger partial charge in [-0.3, -0.25) is 4.98 Å². The van der Waals surface area contributed by atoms with Crippen LogP contribution in [-0.4, -0.2) is 41.1 Å². The number of aromatic nitrogens is 1. The maximum Gasteiger partial charge on any atom is 0.139 e. The van der Waals surface area contributed by atoms with Crippen molar-refractivity contribution in [1.29, 1.82) is 0 Å². The second-order valence-electron chi connectivity index (χ2n) is 4.10. The summed E-state index contributed by atoms with van der Waals surface area (Å²) in [6.45, 7) is 1.95. The lowest BCUT2D eigenvalue weighted by atomic mass is 10.2. The maximum absolute atomic E-state index is 8.40. The molecular weight excluding hydrogens is 216 g/mol. The van der Waals surface area contributed by atoms with Crippen molar-refractivity contribution >= 4 is 5.84 Å². The van der Waals surface area contributed by atoms with Crippen LogP contribution in [-0.2, 0) is 6.42 Å². The Labute approximate surface area is 102 Å². The Balaban J connectivity index is 2.15. The summed E-state index contributed by atoms with van der Waals surface area (Å²) < 4.78 is 0. The van der Waals surface area contributed by atoms with Crippen LogP contribution in [0.5, 0.6) is 0 Å². The number of amidine groups is 1. The fraction of sp³-hybridized carbons (Fsp3) is 0.500. The molecule has 0 saturated heterocycles. The van der Waals surface area contributed by atoms with E-state index in [4.69, 9.17) is 10.9 Å². The first-order valence-electron chi connectivity index (χ1n) is 5.76. The van der Waals surface area contributed by atoms with Gasteiger partial charge in [0.25, 0.3) is 0 Å². The lowest BCUT2D eigenvalue weighted by Crippen LogP contribution is -2.24. The molecule has 1 aromatic heterocycles. The minimum absolute atomic E-state index is 0.299. The van der Waals surface area contributed by atoms with Crippen LogP contribution in [0, 0.1) is 0 Å². The van der Waals surface area contributed by atoms with E-state index in [0.717, 1.165) is 25.9 Å². The molecule has 3 N–H and O–H groups in total. The molecule has 0 bridgehead atoms. The third kappa shape index (κ3) is 5.87. The van der Waals surface area contributed by atoms with Gasteiger partial charge < -0.3 is 15.8 Å². The molecule has 94 valence electrons. The third-order valence-corrected chi connectivity index (χ3v) is 2.63. The summed E-state index contributed by atoms with van der Waals surface area (Å²) in [4.78, 5) is 6.23. The van der Waals surface area contributed by atoms with Crippen LogP contribution in [0.2, 0.25) is 0 Å². The van der Waals surface area contributed by atoms with Crippen molar-refractivity contribution in [2.24, 2.45) is 10.9 Å². The third-order valence-electron chi connectivity index (χ3n) is 2.63. The second kappa shape index (κ2) is 7.62. The van der Waals surface area contributed by atoms with Crippen molar-refractivity contribution in [3.05, 3.63) is 30.1 Å². The van der Waals surface area contributed by atoms with Crippen LogP contribution in [0.4, 0.5) is 0 Å². The molecule has 0 fully saturated rings. The number of nitrogens with zero attached hydrogens (tertiary/aromatic N) is 3. The van der Waals surface area contributed by atoms with Crippen molar-refractivity contribution in [3.63, 3.8) is 0 Å². The van der Waals surface area contributed by atoms with Gasteiger partial charge in [0.2, 0.25) is 0 Å². The van der Waals surface area contributed by atoms with E-state index in [1.54, 1.807) is 0 Å². The van der Waals surface area contributed by atoms with Crippen molar-refractivity contribution in [1.82, 2.24) is 9.88 Å². The van der Waals surface area contributed by atoms with E-state index in [1.165, 1.54) is 5.56 Å². The van der Waals surface area contributed by atoms with Gasteiger partial charge in [0.15, 0.2) is 0 Å². The Morgan fingerprint density at radius 3 is 2.76 bits per heavy atom. The Kier molecular flexibility index (Phi) is 6.03. The predicted octanol–water partition coefficient (Wildman–Crippen LogP) is 1.08. The van der Waals surface area contributed by atoms with Gasteiger partial charge in [-0.25, -0.2) is 0 Å². The molecule has 5 nitrogen and oxygen atoms in total. The minimum atomic E-state index is 0.299. The van der Waals surface area contributed by atoms with Crippen LogP contribution in [0.15, 0.2) is 29.7 Å². The van der Waals surface area contributed by atoms with Crippen LogP contribution in [0.25, 0.3) is 0 Å². The van der Waals surface area contributed by atoms with Gasteiger partial charge in [-0.05, 0) is 44.1 Å². The molecular formula is C12H20N4O. The largest absolute Gasteiger partial charge is 0.409 e. The highest BCUT2D eigenvalue weighted by molar-refractivity contribution is 5.79. The summed E-state index contributed by atoms with van der Waals surface area (Å²) in [7, 11) is 2.08.